The molecule has 4 nitrogen and oxygen atoms in total. The monoisotopic (exact) mass is 227 g/mol. The summed E-state index contributed by atoms with van der Waals surface area (Å²) in [5.41, 5.74) is 0.979. The van der Waals surface area contributed by atoms with Crippen molar-refractivity contribution in [3.63, 3.8) is 0 Å². The lowest BCUT2D eigenvalue weighted by Gasteiger charge is -2.11. The number of carbonyl (C=O) groups excluding carboxylic acids is 1. The minimum Gasteiger partial charge on any atom is -0.474 e. The number of hydrogen-bond donors (Lipinski definition) is 2. The highest BCUT2D eigenvalue weighted by Gasteiger charge is 2.17. The van der Waals surface area contributed by atoms with Crippen LogP contribution in [0.15, 0.2) is 6.07 Å². The summed E-state index contributed by atoms with van der Waals surface area (Å²) >= 11 is 1.63. The van der Waals surface area contributed by atoms with Crippen molar-refractivity contribution >= 4 is 23.2 Å². The smallest absolute Gasteiger partial charge is 0.394 e. The fourth-order valence-electron chi connectivity index (χ4n) is 1.42. The Bertz CT molecular complexity index is 397. The van der Waals surface area contributed by atoms with Crippen LogP contribution in [0.5, 0.6) is 0 Å². The van der Waals surface area contributed by atoms with Gasteiger partial charge in [0.1, 0.15) is 0 Å². The zero-order chi connectivity index (χ0) is 11.6. The van der Waals surface area contributed by atoms with E-state index in [-0.39, 0.29) is 6.04 Å². The zero-order valence-corrected chi connectivity index (χ0v) is 9.64. The van der Waals surface area contributed by atoms with Crippen LogP contribution < -0.4 is 5.32 Å². The van der Waals surface area contributed by atoms with Crippen molar-refractivity contribution in [2.24, 2.45) is 0 Å². The van der Waals surface area contributed by atoms with Gasteiger partial charge in [-0.3, -0.25) is 4.79 Å². The highest BCUT2D eigenvalue weighted by atomic mass is 32.1. The average molecular weight is 227 g/mol. The van der Waals surface area contributed by atoms with Crippen molar-refractivity contribution in [3.05, 3.63) is 21.4 Å². The van der Waals surface area contributed by atoms with Crippen LogP contribution in [0, 0.1) is 13.8 Å². The van der Waals surface area contributed by atoms with E-state index in [0.717, 1.165) is 15.3 Å². The van der Waals surface area contributed by atoms with Crippen LogP contribution >= 0.6 is 11.3 Å². The number of nitrogens with one attached hydrogen (secondary N) is 1. The summed E-state index contributed by atoms with van der Waals surface area (Å²) in [6.45, 7) is 5.71. The van der Waals surface area contributed by atoms with Crippen LogP contribution in [0.1, 0.15) is 28.3 Å². The molecule has 1 aromatic heterocycles. The van der Waals surface area contributed by atoms with Crippen LogP contribution in [-0.4, -0.2) is 17.0 Å². The van der Waals surface area contributed by atoms with Crippen LogP contribution in [0.4, 0.5) is 0 Å². The molecule has 1 aromatic rings. The van der Waals surface area contributed by atoms with E-state index in [4.69, 9.17) is 5.11 Å². The second-order valence-electron chi connectivity index (χ2n) is 3.37. The first-order valence-corrected chi connectivity index (χ1v) is 5.34. The largest absolute Gasteiger partial charge is 0.474 e. The molecular weight excluding hydrogens is 214 g/mol. The van der Waals surface area contributed by atoms with E-state index in [9.17, 15) is 9.59 Å². The van der Waals surface area contributed by atoms with Gasteiger partial charge in [-0.25, -0.2) is 4.79 Å². The predicted molar refractivity (Wildman–Crippen MR) is 58.0 cm³/mol. The van der Waals surface area contributed by atoms with Crippen molar-refractivity contribution in [1.29, 1.82) is 0 Å². The van der Waals surface area contributed by atoms with Gasteiger partial charge in [0.15, 0.2) is 0 Å². The first-order valence-electron chi connectivity index (χ1n) is 4.52. The molecule has 0 saturated carbocycles. The lowest BCUT2D eigenvalue weighted by molar-refractivity contribution is -0.150. The Labute approximate surface area is 91.9 Å². The first kappa shape index (κ1) is 11.7. The third-order valence-electron chi connectivity index (χ3n) is 2.09. The fourth-order valence-corrected chi connectivity index (χ4v) is 2.44. The maximum absolute atomic E-state index is 10.9. The Hall–Kier alpha value is -1.36. The van der Waals surface area contributed by atoms with Gasteiger partial charge in [-0.05, 0) is 32.4 Å². The molecule has 2 N–H and O–H groups in total. The summed E-state index contributed by atoms with van der Waals surface area (Å²) in [6, 6.07) is 1.70. The minimum atomic E-state index is -1.45. The molecule has 1 atom stereocenters. The van der Waals surface area contributed by atoms with E-state index in [1.54, 1.807) is 18.3 Å². The summed E-state index contributed by atoms with van der Waals surface area (Å²) < 4.78 is 0. The molecule has 0 aliphatic carbocycles. The second kappa shape index (κ2) is 4.44. The van der Waals surface area contributed by atoms with Crippen molar-refractivity contribution in [1.82, 2.24) is 5.32 Å². The quantitative estimate of drug-likeness (QED) is 0.754. The van der Waals surface area contributed by atoms with Crippen LogP contribution in [-0.2, 0) is 9.59 Å². The van der Waals surface area contributed by atoms with Gasteiger partial charge in [0.25, 0.3) is 0 Å². The van der Waals surface area contributed by atoms with Gasteiger partial charge in [0.2, 0.25) is 0 Å². The van der Waals surface area contributed by atoms with Crippen molar-refractivity contribution in [2.75, 3.05) is 0 Å². The maximum atomic E-state index is 10.9. The number of rotatable bonds is 2. The molecule has 0 aliphatic heterocycles. The molecule has 0 aromatic carbocycles. The highest BCUT2D eigenvalue weighted by Crippen LogP contribution is 2.25. The number of hydrogen-bond acceptors (Lipinski definition) is 3. The molecule has 1 amide bonds. The Balaban J connectivity index is 2.77. The average Bonchev–Trinajstić information content (AvgIpc) is 2.44. The third kappa shape index (κ3) is 2.79. The fraction of sp³-hybridized carbons (Fsp3) is 0.400. The molecule has 1 rings (SSSR count). The predicted octanol–water partition coefficient (Wildman–Crippen LogP) is 1.63. The topological polar surface area (TPSA) is 66.4 Å². The Morgan fingerprint density at radius 2 is 2.07 bits per heavy atom. The lowest BCUT2D eigenvalue weighted by atomic mass is 10.1. The van der Waals surface area contributed by atoms with E-state index < -0.39 is 11.9 Å². The van der Waals surface area contributed by atoms with Crippen molar-refractivity contribution in [2.45, 2.75) is 26.8 Å². The zero-order valence-electron chi connectivity index (χ0n) is 8.83. The normalized spacial score (nSPS) is 12.2. The van der Waals surface area contributed by atoms with E-state index >= 15 is 0 Å². The molecule has 0 saturated heterocycles. The molecule has 5 heteroatoms. The number of amides is 1. The number of carboxylic acid groups (broad SMARTS) is 1. The molecular formula is C10H13NO3S. The molecule has 82 valence electrons. The van der Waals surface area contributed by atoms with E-state index in [2.05, 4.69) is 5.32 Å². The third-order valence-corrected chi connectivity index (χ3v) is 3.07. The van der Waals surface area contributed by atoms with Gasteiger partial charge in [0.05, 0.1) is 6.04 Å². The molecule has 1 unspecified atom stereocenters. The Morgan fingerprint density at radius 1 is 1.47 bits per heavy atom. The molecule has 1 heterocycles. The van der Waals surface area contributed by atoms with Crippen molar-refractivity contribution < 1.29 is 14.7 Å². The maximum Gasteiger partial charge on any atom is 0.394 e. The summed E-state index contributed by atoms with van der Waals surface area (Å²) in [6.07, 6.45) is 0. The second-order valence-corrected chi connectivity index (χ2v) is 4.83. The van der Waals surface area contributed by atoms with E-state index in [1.165, 1.54) is 0 Å². The standard InChI is InChI=1S/C10H13NO3S/c1-5-4-8(7(3)15-5)6(2)11-9(12)10(13)14/h4,6H,1-3H3,(H,11,12)(H,13,14). The SMILES string of the molecule is Cc1cc(C(C)NC(=O)C(=O)O)c(C)s1. The first-order chi connectivity index (χ1) is 6.91. The van der Waals surface area contributed by atoms with Crippen molar-refractivity contribution in [3.8, 4) is 0 Å². The summed E-state index contributed by atoms with van der Waals surface area (Å²) in [7, 11) is 0. The number of carboxylic acids is 1. The van der Waals surface area contributed by atoms with Crippen LogP contribution in [0.3, 0.4) is 0 Å². The van der Waals surface area contributed by atoms with Crippen LogP contribution in [0.2, 0.25) is 0 Å². The van der Waals surface area contributed by atoms with Gasteiger partial charge in [-0.2, -0.15) is 0 Å². The van der Waals surface area contributed by atoms with Gasteiger partial charge < -0.3 is 10.4 Å². The van der Waals surface area contributed by atoms with Crippen LogP contribution in [0.25, 0.3) is 0 Å². The van der Waals surface area contributed by atoms with Gasteiger partial charge in [-0.1, -0.05) is 0 Å². The summed E-state index contributed by atoms with van der Waals surface area (Å²) in [5.74, 6) is -2.42. The molecule has 0 radical (unpaired) electrons. The van der Waals surface area contributed by atoms with E-state index in [1.807, 2.05) is 19.9 Å². The molecule has 15 heavy (non-hydrogen) atoms. The number of aliphatic carboxylic acids is 1. The molecule has 0 aliphatic rings. The lowest BCUT2D eigenvalue weighted by Crippen LogP contribution is -2.32. The summed E-state index contributed by atoms with van der Waals surface area (Å²) in [4.78, 5) is 23.5. The minimum absolute atomic E-state index is 0.265. The Morgan fingerprint density at radius 3 is 2.47 bits per heavy atom. The Kier molecular flexibility index (Phi) is 3.47. The van der Waals surface area contributed by atoms with E-state index in [0.29, 0.717) is 0 Å². The summed E-state index contributed by atoms with van der Waals surface area (Å²) in [5, 5.41) is 10.9. The van der Waals surface area contributed by atoms with Gasteiger partial charge in [-0.15, -0.1) is 11.3 Å². The van der Waals surface area contributed by atoms with Gasteiger partial charge >= 0.3 is 11.9 Å². The number of aryl methyl sites for hydroxylation is 2. The van der Waals surface area contributed by atoms with Gasteiger partial charge in [0, 0.05) is 9.75 Å². The molecule has 0 spiro atoms. The number of thiophene rings is 1. The molecule has 0 fully saturated rings. The highest BCUT2D eigenvalue weighted by molar-refractivity contribution is 7.12. The molecule has 0 bridgehead atoms. The number of carbonyl (C=O) groups is 2.